The summed E-state index contributed by atoms with van der Waals surface area (Å²) in [6, 6.07) is 12.0. The van der Waals surface area contributed by atoms with Crippen molar-refractivity contribution in [2.45, 2.75) is 13.5 Å². The Hall–Kier alpha value is -2.70. The number of rotatable bonds is 5. The minimum absolute atomic E-state index is 0.0197. The van der Waals surface area contributed by atoms with Crippen LogP contribution in [0.5, 0.6) is 5.75 Å². The van der Waals surface area contributed by atoms with Crippen LogP contribution in [0, 0.1) is 5.82 Å². The lowest BCUT2D eigenvalue weighted by Gasteiger charge is -2.09. The third-order valence-corrected chi connectivity index (χ3v) is 5.67. The second kappa shape index (κ2) is 7.73. The van der Waals surface area contributed by atoms with Crippen molar-refractivity contribution in [3.8, 4) is 16.9 Å². The van der Waals surface area contributed by atoms with Crippen LogP contribution in [-0.2, 0) is 6.54 Å². The SMILES string of the molecule is CCOc1ccc(-c2csc3ncn(Cc4c(F)cccc4Cl)c(=O)c23)cc1. The lowest BCUT2D eigenvalue weighted by atomic mass is 10.1. The summed E-state index contributed by atoms with van der Waals surface area (Å²) >= 11 is 7.51. The van der Waals surface area contributed by atoms with Crippen LogP contribution in [0.15, 0.2) is 59.0 Å². The Morgan fingerprint density at radius 1 is 1.21 bits per heavy atom. The smallest absolute Gasteiger partial charge is 0.263 e. The Labute approximate surface area is 169 Å². The van der Waals surface area contributed by atoms with E-state index in [1.807, 2.05) is 36.6 Å². The van der Waals surface area contributed by atoms with Crippen molar-refractivity contribution in [1.29, 1.82) is 0 Å². The van der Waals surface area contributed by atoms with Gasteiger partial charge in [-0.05, 0) is 36.8 Å². The van der Waals surface area contributed by atoms with Gasteiger partial charge in [-0.2, -0.15) is 0 Å². The van der Waals surface area contributed by atoms with Gasteiger partial charge in [-0.15, -0.1) is 11.3 Å². The number of halogens is 2. The summed E-state index contributed by atoms with van der Waals surface area (Å²) in [6.07, 6.45) is 1.44. The fourth-order valence-corrected chi connectivity index (χ4v) is 4.17. The van der Waals surface area contributed by atoms with Gasteiger partial charge in [-0.1, -0.05) is 29.8 Å². The van der Waals surface area contributed by atoms with Crippen molar-refractivity contribution in [2.75, 3.05) is 6.61 Å². The van der Waals surface area contributed by atoms with E-state index in [1.165, 1.54) is 34.4 Å². The summed E-state index contributed by atoms with van der Waals surface area (Å²) in [5.74, 6) is 0.326. The van der Waals surface area contributed by atoms with E-state index in [4.69, 9.17) is 16.3 Å². The van der Waals surface area contributed by atoms with Crippen molar-refractivity contribution in [2.24, 2.45) is 0 Å². The van der Waals surface area contributed by atoms with Crippen LogP contribution >= 0.6 is 22.9 Å². The minimum Gasteiger partial charge on any atom is -0.494 e. The van der Waals surface area contributed by atoms with Gasteiger partial charge < -0.3 is 4.74 Å². The second-order valence-corrected chi connectivity index (χ2v) is 7.43. The standard InChI is InChI=1S/C21H16ClFN2O2S/c1-2-27-14-8-6-13(7-9-14)16-11-28-20-19(16)21(26)25(12-24-20)10-15-17(22)4-3-5-18(15)23/h3-9,11-12H,2,10H2,1H3. The van der Waals surface area contributed by atoms with E-state index in [9.17, 15) is 9.18 Å². The number of hydrogen-bond acceptors (Lipinski definition) is 4. The zero-order chi connectivity index (χ0) is 19.7. The van der Waals surface area contributed by atoms with E-state index in [0.29, 0.717) is 16.8 Å². The number of ether oxygens (including phenoxy) is 1. The maximum Gasteiger partial charge on any atom is 0.263 e. The second-order valence-electron chi connectivity index (χ2n) is 6.16. The molecule has 0 radical (unpaired) electrons. The topological polar surface area (TPSA) is 44.1 Å². The highest BCUT2D eigenvalue weighted by molar-refractivity contribution is 7.17. The molecule has 0 saturated carbocycles. The summed E-state index contributed by atoms with van der Waals surface area (Å²) in [5.41, 5.74) is 1.74. The van der Waals surface area contributed by atoms with Gasteiger partial charge in [0.2, 0.25) is 0 Å². The summed E-state index contributed by atoms with van der Waals surface area (Å²) in [7, 11) is 0. The highest BCUT2D eigenvalue weighted by Gasteiger charge is 2.15. The molecule has 0 aliphatic carbocycles. The molecule has 0 saturated heterocycles. The van der Waals surface area contributed by atoms with Crippen LogP contribution in [0.4, 0.5) is 4.39 Å². The first-order valence-corrected chi connectivity index (χ1v) is 9.97. The number of benzene rings is 2. The first-order valence-electron chi connectivity index (χ1n) is 8.71. The lowest BCUT2D eigenvalue weighted by molar-refractivity contribution is 0.340. The molecular formula is C21H16ClFN2O2S. The fraction of sp³-hybridized carbons (Fsp3) is 0.143. The molecule has 2 heterocycles. The maximum atomic E-state index is 14.1. The van der Waals surface area contributed by atoms with E-state index >= 15 is 0 Å². The molecule has 142 valence electrons. The number of fused-ring (bicyclic) bond motifs is 1. The molecule has 0 unspecified atom stereocenters. The van der Waals surface area contributed by atoms with Crippen molar-refractivity contribution < 1.29 is 9.13 Å². The van der Waals surface area contributed by atoms with Crippen LogP contribution in [0.3, 0.4) is 0 Å². The molecule has 0 amide bonds. The predicted molar refractivity (Wildman–Crippen MR) is 111 cm³/mol. The normalized spacial score (nSPS) is 11.1. The van der Waals surface area contributed by atoms with E-state index in [1.54, 1.807) is 6.07 Å². The quantitative estimate of drug-likeness (QED) is 0.441. The molecule has 0 bridgehead atoms. The first kappa shape index (κ1) is 18.7. The Morgan fingerprint density at radius 3 is 2.71 bits per heavy atom. The van der Waals surface area contributed by atoms with Crippen molar-refractivity contribution in [3.63, 3.8) is 0 Å². The third-order valence-electron chi connectivity index (χ3n) is 4.43. The number of hydrogen-bond donors (Lipinski definition) is 0. The highest BCUT2D eigenvalue weighted by Crippen LogP contribution is 2.31. The van der Waals surface area contributed by atoms with Gasteiger partial charge in [0.15, 0.2) is 0 Å². The van der Waals surface area contributed by atoms with Crippen LogP contribution < -0.4 is 10.3 Å². The van der Waals surface area contributed by atoms with Gasteiger partial charge in [0.1, 0.15) is 16.4 Å². The zero-order valence-electron chi connectivity index (χ0n) is 15.0. The van der Waals surface area contributed by atoms with E-state index in [-0.39, 0.29) is 22.7 Å². The van der Waals surface area contributed by atoms with Gasteiger partial charge >= 0.3 is 0 Å². The van der Waals surface area contributed by atoms with Crippen LogP contribution in [0.1, 0.15) is 12.5 Å². The van der Waals surface area contributed by atoms with E-state index in [2.05, 4.69) is 4.98 Å². The molecule has 28 heavy (non-hydrogen) atoms. The molecule has 0 aliphatic rings. The first-order chi connectivity index (χ1) is 13.6. The Kier molecular flexibility index (Phi) is 5.15. The molecule has 4 aromatic rings. The molecule has 4 nitrogen and oxygen atoms in total. The van der Waals surface area contributed by atoms with Crippen LogP contribution in [0.2, 0.25) is 5.02 Å². The maximum absolute atomic E-state index is 14.1. The Morgan fingerprint density at radius 2 is 2.00 bits per heavy atom. The summed E-state index contributed by atoms with van der Waals surface area (Å²) in [4.78, 5) is 18.1. The minimum atomic E-state index is -0.448. The van der Waals surface area contributed by atoms with Gasteiger partial charge in [0.25, 0.3) is 5.56 Å². The van der Waals surface area contributed by atoms with Crippen molar-refractivity contribution in [1.82, 2.24) is 9.55 Å². The van der Waals surface area contributed by atoms with Crippen LogP contribution in [-0.4, -0.2) is 16.2 Å². The monoisotopic (exact) mass is 414 g/mol. The molecule has 0 fully saturated rings. The van der Waals surface area contributed by atoms with E-state index < -0.39 is 5.82 Å². The Balaban J connectivity index is 1.79. The fourth-order valence-electron chi connectivity index (χ4n) is 3.04. The van der Waals surface area contributed by atoms with Crippen LogP contribution in [0.25, 0.3) is 21.3 Å². The molecule has 7 heteroatoms. The van der Waals surface area contributed by atoms with Gasteiger partial charge in [0, 0.05) is 21.5 Å². The van der Waals surface area contributed by atoms with Crippen molar-refractivity contribution >= 4 is 33.2 Å². The zero-order valence-corrected chi connectivity index (χ0v) is 16.6. The molecule has 2 aromatic heterocycles. The Bertz CT molecular complexity index is 1180. The number of thiophene rings is 1. The van der Waals surface area contributed by atoms with Crippen molar-refractivity contribution in [3.05, 3.63) is 80.9 Å². The van der Waals surface area contributed by atoms with E-state index in [0.717, 1.165) is 16.9 Å². The molecule has 0 aliphatic heterocycles. The van der Waals surface area contributed by atoms with Gasteiger partial charge in [-0.3, -0.25) is 9.36 Å². The summed E-state index contributed by atoms with van der Waals surface area (Å²) in [5, 5.41) is 2.71. The molecule has 4 rings (SSSR count). The van der Waals surface area contributed by atoms with Gasteiger partial charge in [0.05, 0.1) is 24.9 Å². The number of nitrogens with zero attached hydrogens (tertiary/aromatic N) is 2. The largest absolute Gasteiger partial charge is 0.494 e. The molecule has 2 aromatic carbocycles. The lowest BCUT2D eigenvalue weighted by Crippen LogP contribution is -2.21. The molecule has 0 N–H and O–H groups in total. The predicted octanol–water partition coefficient (Wildman–Crippen LogP) is 5.36. The highest BCUT2D eigenvalue weighted by atomic mass is 35.5. The van der Waals surface area contributed by atoms with Gasteiger partial charge in [-0.25, -0.2) is 9.37 Å². The average molecular weight is 415 g/mol. The summed E-state index contributed by atoms with van der Waals surface area (Å²) in [6.45, 7) is 2.54. The molecular weight excluding hydrogens is 399 g/mol. The molecule has 0 spiro atoms. The number of aromatic nitrogens is 2. The average Bonchev–Trinajstić information content (AvgIpc) is 3.12. The third kappa shape index (κ3) is 3.41. The molecule has 0 atom stereocenters. The summed E-state index contributed by atoms with van der Waals surface area (Å²) < 4.78 is 21.0.